The van der Waals surface area contributed by atoms with Gasteiger partial charge in [0.25, 0.3) is 5.91 Å². The van der Waals surface area contributed by atoms with Crippen molar-refractivity contribution >= 4 is 17.2 Å². The Morgan fingerprint density at radius 2 is 1.93 bits per heavy atom. The van der Waals surface area contributed by atoms with Crippen molar-refractivity contribution in [2.45, 2.75) is 50.3 Å². The fourth-order valence-electron chi connectivity index (χ4n) is 3.69. The Balaban J connectivity index is 1.73. The number of nitrogens with one attached hydrogen (secondary N) is 1. The highest BCUT2D eigenvalue weighted by Crippen LogP contribution is 2.56. The molecule has 2 aromatic rings. The molecule has 1 amide bonds. The predicted octanol–water partition coefficient (Wildman–Crippen LogP) is 4.10. The van der Waals surface area contributed by atoms with Crippen LogP contribution in [-0.4, -0.2) is 34.3 Å². The minimum Gasteiger partial charge on any atom is -0.380 e. The normalized spacial score (nSPS) is 24.8. The number of carbonyl (C=O) groups is 1. The monoisotopic (exact) mass is 412 g/mol. The molecule has 28 heavy (non-hydrogen) atoms. The molecule has 0 unspecified atom stereocenters. The molecule has 0 atom stereocenters. The maximum atomic E-state index is 13.2. The van der Waals surface area contributed by atoms with E-state index in [9.17, 15) is 23.1 Å². The van der Waals surface area contributed by atoms with Crippen molar-refractivity contribution in [3.63, 3.8) is 0 Å². The molecule has 0 saturated heterocycles. The average molecular weight is 412 g/mol. The predicted molar refractivity (Wildman–Crippen MR) is 101 cm³/mol. The van der Waals surface area contributed by atoms with Crippen molar-refractivity contribution in [2.24, 2.45) is 5.92 Å². The van der Waals surface area contributed by atoms with Gasteiger partial charge in [0.2, 0.25) is 0 Å². The summed E-state index contributed by atoms with van der Waals surface area (Å²) in [5, 5.41) is 13.6. The van der Waals surface area contributed by atoms with E-state index in [-0.39, 0.29) is 12.5 Å². The lowest BCUT2D eigenvalue weighted by Crippen LogP contribution is -2.65. The molecular formula is C20H23F3N2O2S. The first-order valence-electron chi connectivity index (χ1n) is 9.12. The highest BCUT2D eigenvalue weighted by Gasteiger charge is 2.67. The second kappa shape index (κ2) is 7.48. The SMILES string of the molecule is CC(C)Cc1ncc(C(=O)NCC2(c3ccccc3)CC(O)(C(F)(F)F)C2)s1. The molecule has 1 aliphatic carbocycles. The van der Waals surface area contributed by atoms with Crippen LogP contribution in [0.4, 0.5) is 13.2 Å². The summed E-state index contributed by atoms with van der Waals surface area (Å²) in [5.41, 5.74) is -3.00. The second-order valence-electron chi connectivity index (χ2n) is 7.93. The number of nitrogens with zero attached hydrogens (tertiary/aromatic N) is 1. The van der Waals surface area contributed by atoms with Crippen molar-refractivity contribution in [1.82, 2.24) is 10.3 Å². The van der Waals surface area contributed by atoms with Crippen LogP contribution >= 0.6 is 11.3 Å². The summed E-state index contributed by atoms with van der Waals surface area (Å²) in [7, 11) is 0. The average Bonchev–Trinajstić information content (AvgIpc) is 3.05. The number of hydrogen-bond donors (Lipinski definition) is 2. The van der Waals surface area contributed by atoms with Gasteiger partial charge in [-0.25, -0.2) is 4.98 Å². The van der Waals surface area contributed by atoms with E-state index < -0.39 is 30.0 Å². The van der Waals surface area contributed by atoms with Crippen LogP contribution < -0.4 is 5.32 Å². The Bertz CT molecular complexity index is 827. The van der Waals surface area contributed by atoms with E-state index in [0.29, 0.717) is 16.4 Å². The van der Waals surface area contributed by atoms with Gasteiger partial charge in [-0.3, -0.25) is 4.79 Å². The summed E-state index contributed by atoms with van der Waals surface area (Å²) in [5.74, 6) is 0.0590. The minimum absolute atomic E-state index is 0.0195. The van der Waals surface area contributed by atoms with Gasteiger partial charge < -0.3 is 10.4 Å². The first-order chi connectivity index (χ1) is 13.0. The molecule has 0 radical (unpaired) electrons. The van der Waals surface area contributed by atoms with Crippen LogP contribution in [0.3, 0.4) is 0 Å². The largest absolute Gasteiger partial charge is 0.417 e. The topological polar surface area (TPSA) is 62.2 Å². The Labute approximate surface area is 165 Å². The van der Waals surface area contributed by atoms with Gasteiger partial charge in [-0.05, 0) is 24.3 Å². The van der Waals surface area contributed by atoms with Gasteiger partial charge in [-0.2, -0.15) is 13.2 Å². The van der Waals surface area contributed by atoms with Crippen LogP contribution in [0.15, 0.2) is 36.5 Å². The molecular weight excluding hydrogens is 389 g/mol. The smallest absolute Gasteiger partial charge is 0.380 e. The quantitative estimate of drug-likeness (QED) is 0.751. The van der Waals surface area contributed by atoms with Crippen molar-refractivity contribution in [1.29, 1.82) is 0 Å². The lowest BCUT2D eigenvalue weighted by molar-refractivity contribution is -0.303. The van der Waals surface area contributed by atoms with Gasteiger partial charge in [0, 0.05) is 18.4 Å². The van der Waals surface area contributed by atoms with E-state index in [4.69, 9.17) is 0 Å². The summed E-state index contributed by atoms with van der Waals surface area (Å²) in [6.45, 7) is 4.14. The number of aliphatic hydroxyl groups is 1. The van der Waals surface area contributed by atoms with Crippen LogP contribution in [0, 0.1) is 5.92 Å². The maximum absolute atomic E-state index is 13.2. The number of amides is 1. The maximum Gasteiger partial charge on any atom is 0.417 e. The number of aromatic nitrogens is 1. The van der Waals surface area contributed by atoms with Crippen molar-refractivity contribution < 1.29 is 23.1 Å². The van der Waals surface area contributed by atoms with Crippen LogP contribution in [0.2, 0.25) is 0 Å². The molecule has 152 valence electrons. The fourth-order valence-corrected chi connectivity index (χ4v) is 4.73. The van der Waals surface area contributed by atoms with Gasteiger partial charge in [-0.15, -0.1) is 11.3 Å². The zero-order chi connectivity index (χ0) is 20.6. The summed E-state index contributed by atoms with van der Waals surface area (Å²) < 4.78 is 39.5. The molecule has 0 aliphatic heterocycles. The Morgan fingerprint density at radius 1 is 1.29 bits per heavy atom. The Kier molecular flexibility index (Phi) is 5.55. The third-order valence-corrected chi connectivity index (χ3v) is 6.14. The summed E-state index contributed by atoms with van der Waals surface area (Å²) in [6, 6.07) is 8.72. The molecule has 1 aromatic heterocycles. The van der Waals surface area contributed by atoms with E-state index >= 15 is 0 Å². The van der Waals surface area contributed by atoms with Crippen molar-refractivity contribution in [3.05, 3.63) is 52.0 Å². The molecule has 1 fully saturated rings. The van der Waals surface area contributed by atoms with E-state index in [1.54, 1.807) is 30.3 Å². The molecule has 0 spiro atoms. The number of rotatable bonds is 6. The van der Waals surface area contributed by atoms with E-state index in [1.807, 2.05) is 0 Å². The number of halogens is 3. The molecule has 0 bridgehead atoms. The molecule has 3 rings (SSSR count). The first-order valence-corrected chi connectivity index (χ1v) is 9.94. The van der Waals surface area contributed by atoms with E-state index in [0.717, 1.165) is 11.4 Å². The molecule has 4 nitrogen and oxygen atoms in total. The van der Waals surface area contributed by atoms with Gasteiger partial charge in [0.15, 0.2) is 5.60 Å². The standard InChI is InChI=1S/C20H23F3N2O2S/c1-13(2)8-16-24-9-15(28-16)17(26)25-12-18(14-6-4-3-5-7-14)10-19(27,11-18)20(21,22)23/h3-7,9,13,27H,8,10-12H2,1-2H3,(H,25,26). The second-order valence-corrected chi connectivity index (χ2v) is 9.04. The number of benzene rings is 1. The zero-order valence-corrected chi connectivity index (χ0v) is 16.5. The Hall–Kier alpha value is -1.93. The van der Waals surface area contributed by atoms with Crippen LogP contribution in [-0.2, 0) is 11.8 Å². The lowest BCUT2D eigenvalue weighted by Gasteiger charge is -2.54. The van der Waals surface area contributed by atoms with Gasteiger partial charge in [0.05, 0.1) is 11.2 Å². The molecule has 2 N–H and O–H groups in total. The third-order valence-electron chi connectivity index (χ3n) is 5.12. The summed E-state index contributed by atoms with van der Waals surface area (Å²) >= 11 is 1.29. The third kappa shape index (κ3) is 4.07. The minimum atomic E-state index is -4.70. The number of thiazole rings is 1. The van der Waals surface area contributed by atoms with E-state index in [2.05, 4.69) is 24.1 Å². The summed E-state index contributed by atoms with van der Waals surface area (Å²) in [6.07, 6.45) is -3.38. The van der Waals surface area contributed by atoms with Gasteiger partial charge in [-0.1, -0.05) is 44.2 Å². The lowest BCUT2D eigenvalue weighted by atomic mass is 9.55. The number of alkyl halides is 3. The van der Waals surface area contributed by atoms with Crippen molar-refractivity contribution in [2.75, 3.05) is 6.54 Å². The van der Waals surface area contributed by atoms with Gasteiger partial charge in [0.1, 0.15) is 4.88 Å². The summed E-state index contributed by atoms with van der Waals surface area (Å²) in [4.78, 5) is 17.2. The molecule has 1 aliphatic rings. The molecule has 8 heteroatoms. The highest BCUT2D eigenvalue weighted by molar-refractivity contribution is 7.13. The highest BCUT2D eigenvalue weighted by atomic mass is 32.1. The van der Waals surface area contributed by atoms with Crippen LogP contribution in [0.1, 0.15) is 46.9 Å². The first kappa shape index (κ1) is 20.8. The molecule has 1 aromatic carbocycles. The Morgan fingerprint density at radius 3 is 2.50 bits per heavy atom. The zero-order valence-electron chi connectivity index (χ0n) is 15.7. The van der Waals surface area contributed by atoms with Gasteiger partial charge >= 0.3 is 6.18 Å². The number of hydrogen-bond acceptors (Lipinski definition) is 4. The number of carbonyl (C=O) groups excluding carboxylic acids is 1. The van der Waals surface area contributed by atoms with E-state index in [1.165, 1.54) is 17.5 Å². The van der Waals surface area contributed by atoms with Crippen LogP contribution in [0.5, 0.6) is 0 Å². The van der Waals surface area contributed by atoms with Crippen LogP contribution in [0.25, 0.3) is 0 Å². The molecule has 1 saturated carbocycles. The fraction of sp³-hybridized carbons (Fsp3) is 0.500. The molecule has 1 heterocycles. The van der Waals surface area contributed by atoms with Crippen molar-refractivity contribution in [3.8, 4) is 0 Å².